The number of carbonyl (C=O) groups excluding carboxylic acids is 1. The molecule has 1 fully saturated rings. The summed E-state index contributed by atoms with van der Waals surface area (Å²) in [6.45, 7) is 0.700. The molecule has 6 nitrogen and oxygen atoms in total. The van der Waals surface area contributed by atoms with E-state index in [1.165, 1.54) is 40.7 Å². The van der Waals surface area contributed by atoms with Crippen LogP contribution < -0.4 is 10.1 Å². The highest BCUT2D eigenvalue weighted by Gasteiger charge is 2.25. The fourth-order valence-corrected chi connectivity index (χ4v) is 4.58. The predicted octanol–water partition coefficient (Wildman–Crippen LogP) is 3.67. The van der Waals surface area contributed by atoms with E-state index >= 15 is 0 Å². The molecule has 1 aliphatic heterocycles. The molecule has 3 rings (SSSR count). The highest BCUT2D eigenvalue weighted by atomic mass is 35.5. The number of nitrogens with one attached hydrogen (secondary N) is 1. The topological polar surface area (TPSA) is 75.7 Å². The molecule has 0 spiro atoms. The number of rotatable bonds is 6. The Labute approximate surface area is 168 Å². The highest BCUT2D eigenvalue weighted by Crippen LogP contribution is 2.23. The van der Waals surface area contributed by atoms with E-state index < -0.39 is 21.7 Å². The number of halogens is 2. The number of piperidine rings is 1. The van der Waals surface area contributed by atoms with Crippen LogP contribution in [0.15, 0.2) is 47.4 Å². The SMILES string of the molecule is O=C(COc1ccc(S(=O)(=O)N2CCCCC2)cc1)Nc1cc(Cl)ccc1F. The van der Waals surface area contributed by atoms with E-state index in [4.69, 9.17) is 16.3 Å². The van der Waals surface area contributed by atoms with Crippen molar-refractivity contribution in [3.05, 3.63) is 53.3 Å². The van der Waals surface area contributed by atoms with Gasteiger partial charge >= 0.3 is 0 Å². The minimum atomic E-state index is -3.52. The maximum atomic E-state index is 13.6. The molecule has 0 aromatic heterocycles. The number of carbonyl (C=O) groups is 1. The normalized spacial score (nSPS) is 15.2. The van der Waals surface area contributed by atoms with Crippen molar-refractivity contribution in [1.29, 1.82) is 0 Å². The first-order valence-corrected chi connectivity index (χ1v) is 10.7. The number of benzene rings is 2. The van der Waals surface area contributed by atoms with Crippen molar-refractivity contribution in [3.63, 3.8) is 0 Å². The molecule has 2 aromatic rings. The van der Waals surface area contributed by atoms with Crippen molar-refractivity contribution in [1.82, 2.24) is 4.31 Å². The predicted molar refractivity (Wildman–Crippen MR) is 105 cm³/mol. The molecule has 150 valence electrons. The summed E-state index contributed by atoms with van der Waals surface area (Å²) in [5, 5.41) is 2.67. The summed E-state index contributed by atoms with van der Waals surface area (Å²) < 4.78 is 45.7. The van der Waals surface area contributed by atoms with Crippen molar-refractivity contribution in [2.45, 2.75) is 24.2 Å². The molecule has 2 aromatic carbocycles. The first kappa shape index (κ1) is 20.6. The van der Waals surface area contributed by atoms with Crippen molar-refractivity contribution >= 4 is 33.2 Å². The van der Waals surface area contributed by atoms with Gasteiger partial charge in [0.25, 0.3) is 5.91 Å². The van der Waals surface area contributed by atoms with Gasteiger partial charge in [0, 0.05) is 18.1 Å². The number of hydrogen-bond donors (Lipinski definition) is 1. The van der Waals surface area contributed by atoms with Crippen LogP contribution >= 0.6 is 11.6 Å². The van der Waals surface area contributed by atoms with Gasteiger partial charge < -0.3 is 10.1 Å². The van der Waals surface area contributed by atoms with Gasteiger partial charge in [-0.1, -0.05) is 18.0 Å². The Balaban J connectivity index is 1.58. The van der Waals surface area contributed by atoms with Crippen molar-refractivity contribution < 1.29 is 22.3 Å². The summed E-state index contributed by atoms with van der Waals surface area (Å²) in [7, 11) is -3.52. The Morgan fingerprint density at radius 1 is 1.11 bits per heavy atom. The van der Waals surface area contributed by atoms with Crippen LogP contribution in [0, 0.1) is 5.82 Å². The van der Waals surface area contributed by atoms with Crippen LogP contribution in [0.5, 0.6) is 5.75 Å². The summed E-state index contributed by atoms with van der Waals surface area (Å²) >= 11 is 5.78. The minimum Gasteiger partial charge on any atom is -0.484 e. The molecule has 1 amide bonds. The number of hydrogen-bond acceptors (Lipinski definition) is 4. The second kappa shape index (κ2) is 8.89. The smallest absolute Gasteiger partial charge is 0.262 e. The molecule has 1 N–H and O–H groups in total. The van der Waals surface area contributed by atoms with Crippen LogP contribution in [0.4, 0.5) is 10.1 Å². The minimum absolute atomic E-state index is 0.0379. The fourth-order valence-electron chi connectivity index (χ4n) is 2.89. The van der Waals surface area contributed by atoms with Crippen LogP contribution in [0.1, 0.15) is 19.3 Å². The molecule has 0 unspecified atom stereocenters. The van der Waals surface area contributed by atoms with E-state index in [1.807, 2.05) is 0 Å². The van der Waals surface area contributed by atoms with Crippen LogP contribution in [0.3, 0.4) is 0 Å². The van der Waals surface area contributed by atoms with Crippen LogP contribution in [0.25, 0.3) is 0 Å². The van der Waals surface area contributed by atoms with Crippen LogP contribution in [-0.2, 0) is 14.8 Å². The number of anilines is 1. The van der Waals surface area contributed by atoms with E-state index in [0.717, 1.165) is 25.3 Å². The Morgan fingerprint density at radius 3 is 2.46 bits per heavy atom. The molecule has 9 heteroatoms. The molecule has 1 aliphatic rings. The summed E-state index contributed by atoms with van der Waals surface area (Å²) in [4.78, 5) is 12.1. The third-order valence-electron chi connectivity index (χ3n) is 4.35. The van der Waals surface area contributed by atoms with Crippen LogP contribution in [-0.4, -0.2) is 38.3 Å². The Kier molecular flexibility index (Phi) is 6.53. The number of nitrogens with zero attached hydrogens (tertiary/aromatic N) is 1. The van der Waals surface area contributed by atoms with E-state index in [0.29, 0.717) is 23.9 Å². The first-order chi connectivity index (χ1) is 13.4. The summed E-state index contributed by atoms with van der Waals surface area (Å²) in [5.41, 5.74) is -0.0379. The second-order valence-electron chi connectivity index (χ2n) is 6.40. The number of amides is 1. The van der Waals surface area contributed by atoms with Crippen molar-refractivity contribution in [2.75, 3.05) is 25.0 Å². The Morgan fingerprint density at radius 2 is 1.79 bits per heavy atom. The zero-order valence-corrected chi connectivity index (χ0v) is 16.6. The van der Waals surface area contributed by atoms with Gasteiger partial charge in [0.05, 0.1) is 10.6 Å². The van der Waals surface area contributed by atoms with Gasteiger partial charge in [0.2, 0.25) is 10.0 Å². The lowest BCUT2D eigenvalue weighted by Crippen LogP contribution is -2.35. The second-order valence-corrected chi connectivity index (χ2v) is 8.77. The summed E-state index contributed by atoms with van der Waals surface area (Å²) in [5.74, 6) is -0.837. The Bertz CT molecular complexity index is 945. The quantitative estimate of drug-likeness (QED) is 0.764. The number of sulfonamides is 1. The average Bonchev–Trinajstić information content (AvgIpc) is 2.70. The monoisotopic (exact) mass is 426 g/mol. The van der Waals surface area contributed by atoms with E-state index in [9.17, 15) is 17.6 Å². The van der Waals surface area contributed by atoms with Crippen molar-refractivity contribution in [2.24, 2.45) is 0 Å². The molecular formula is C19H20ClFN2O4S. The zero-order chi connectivity index (χ0) is 20.1. The summed E-state index contributed by atoms with van der Waals surface area (Å²) in [6, 6.07) is 9.72. The van der Waals surface area contributed by atoms with Gasteiger partial charge in [0.1, 0.15) is 11.6 Å². The Hall–Kier alpha value is -2.16. The lowest BCUT2D eigenvalue weighted by atomic mass is 10.2. The molecule has 1 saturated heterocycles. The van der Waals surface area contributed by atoms with Gasteiger partial charge in [-0.05, 0) is 55.3 Å². The highest BCUT2D eigenvalue weighted by molar-refractivity contribution is 7.89. The first-order valence-electron chi connectivity index (χ1n) is 8.84. The van der Waals surface area contributed by atoms with Gasteiger partial charge in [-0.3, -0.25) is 4.79 Å². The third-order valence-corrected chi connectivity index (χ3v) is 6.50. The van der Waals surface area contributed by atoms with Crippen LogP contribution in [0.2, 0.25) is 5.02 Å². The van der Waals surface area contributed by atoms with Gasteiger partial charge in [-0.2, -0.15) is 4.31 Å². The van der Waals surface area contributed by atoms with E-state index in [2.05, 4.69) is 5.32 Å². The molecule has 0 saturated carbocycles. The molecule has 28 heavy (non-hydrogen) atoms. The fraction of sp³-hybridized carbons (Fsp3) is 0.316. The van der Waals surface area contributed by atoms with Gasteiger partial charge in [-0.25, -0.2) is 12.8 Å². The molecule has 0 radical (unpaired) electrons. The van der Waals surface area contributed by atoms with E-state index in [1.54, 1.807) is 0 Å². The molecule has 0 atom stereocenters. The van der Waals surface area contributed by atoms with E-state index in [-0.39, 0.29) is 17.2 Å². The lowest BCUT2D eigenvalue weighted by molar-refractivity contribution is -0.118. The molecule has 0 bridgehead atoms. The molecular weight excluding hydrogens is 407 g/mol. The molecule has 1 heterocycles. The average molecular weight is 427 g/mol. The third kappa shape index (κ3) is 5.01. The zero-order valence-electron chi connectivity index (χ0n) is 15.0. The van der Waals surface area contributed by atoms with Crippen molar-refractivity contribution in [3.8, 4) is 5.75 Å². The van der Waals surface area contributed by atoms with Gasteiger partial charge in [0.15, 0.2) is 6.61 Å². The number of ether oxygens (including phenoxy) is 1. The largest absolute Gasteiger partial charge is 0.484 e. The van der Waals surface area contributed by atoms with Gasteiger partial charge in [-0.15, -0.1) is 0 Å². The summed E-state index contributed by atoms with van der Waals surface area (Å²) in [6.07, 6.45) is 2.77. The maximum absolute atomic E-state index is 13.6. The molecule has 0 aliphatic carbocycles. The maximum Gasteiger partial charge on any atom is 0.262 e. The standard InChI is InChI=1S/C19H20ClFN2O4S/c20-14-4-9-17(21)18(12-14)22-19(24)13-27-15-5-7-16(8-6-15)28(25,26)23-10-2-1-3-11-23/h4-9,12H,1-3,10-11,13H2,(H,22,24). The lowest BCUT2D eigenvalue weighted by Gasteiger charge is -2.25.